The predicted octanol–water partition coefficient (Wildman–Crippen LogP) is 4.56. The first-order chi connectivity index (χ1) is 13.4. The van der Waals surface area contributed by atoms with Gasteiger partial charge in [0.25, 0.3) is 5.91 Å². The number of carbonyl (C=O) groups is 1. The smallest absolute Gasteiger partial charge is 0.258 e. The van der Waals surface area contributed by atoms with E-state index in [1.165, 1.54) is 0 Å². The Hall–Kier alpha value is -3.08. The minimum absolute atomic E-state index is 0.000628. The maximum absolute atomic E-state index is 12.4. The van der Waals surface area contributed by atoms with Crippen LogP contribution in [0.25, 0.3) is 5.69 Å². The summed E-state index contributed by atoms with van der Waals surface area (Å²) in [5, 5.41) is 3.00. The molecule has 1 heterocycles. The Morgan fingerprint density at radius 2 is 1.89 bits per heavy atom. The second-order valence-corrected chi connectivity index (χ2v) is 7.34. The Morgan fingerprint density at radius 1 is 1.14 bits per heavy atom. The monoisotopic (exact) mass is 377 g/mol. The average molecular weight is 377 g/mol. The van der Waals surface area contributed by atoms with E-state index >= 15 is 0 Å². The molecule has 0 aliphatic rings. The summed E-state index contributed by atoms with van der Waals surface area (Å²) in [5.41, 5.74) is 4.30. The van der Waals surface area contributed by atoms with Crippen molar-refractivity contribution >= 4 is 5.91 Å². The van der Waals surface area contributed by atoms with Crippen molar-refractivity contribution < 1.29 is 9.53 Å². The number of imidazole rings is 1. The molecule has 0 radical (unpaired) electrons. The van der Waals surface area contributed by atoms with Crippen molar-refractivity contribution in [2.24, 2.45) is 0 Å². The molecule has 1 amide bonds. The van der Waals surface area contributed by atoms with Gasteiger partial charge in [-0.1, -0.05) is 38.1 Å². The lowest BCUT2D eigenvalue weighted by Gasteiger charge is -2.17. The van der Waals surface area contributed by atoms with Crippen molar-refractivity contribution in [3.05, 3.63) is 77.9 Å². The topological polar surface area (TPSA) is 56.1 Å². The molecular formula is C23H27N3O2. The van der Waals surface area contributed by atoms with Crippen LogP contribution < -0.4 is 10.1 Å². The molecule has 1 N–H and O–H groups in total. The van der Waals surface area contributed by atoms with Gasteiger partial charge in [0.2, 0.25) is 0 Å². The molecule has 2 aromatic carbocycles. The molecule has 28 heavy (non-hydrogen) atoms. The molecule has 0 fully saturated rings. The summed E-state index contributed by atoms with van der Waals surface area (Å²) in [7, 11) is 0. The molecule has 3 rings (SSSR count). The zero-order valence-corrected chi connectivity index (χ0v) is 16.8. The number of aromatic nitrogens is 2. The van der Waals surface area contributed by atoms with Crippen LogP contribution in [0, 0.1) is 6.92 Å². The number of rotatable bonds is 7. The fourth-order valence-electron chi connectivity index (χ4n) is 3.10. The van der Waals surface area contributed by atoms with E-state index in [4.69, 9.17) is 4.74 Å². The zero-order chi connectivity index (χ0) is 20.1. The van der Waals surface area contributed by atoms with Crippen molar-refractivity contribution in [3.8, 4) is 11.4 Å². The van der Waals surface area contributed by atoms with Gasteiger partial charge >= 0.3 is 0 Å². The van der Waals surface area contributed by atoms with Gasteiger partial charge in [-0.15, -0.1) is 0 Å². The zero-order valence-electron chi connectivity index (χ0n) is 16.8. The number of hydrogen-bond acceptors (Lipinski definition) is 3. The second kappa shape index (κ2) is 8.74. The molecule has 5 nitrogen and oxygen atoms in total. The molecule has 1 atom stereocenters. The molecule has 0 aliphatic carbocycles. The van der Waals surface area contributed by atoms with E-state index in [2.05, 4.69) is 36.3 Å². The van der Waals surface area contributed by atoms with Crippen LogP contribution in [0.5, 0.6) is 5.75 Å². The highest BCUT2D eigenvalue weighted by Gasteiger charge is 2.13. The van der Waals surface area contributed by atoms with Crippen LogP contribution >= 0.6 is 0 Å². The molecule has 0 spiro atoms. The Bertz CT molecular complexity index is 916. The number of amides is 1. The highest BCUT2D eigenvalue weighted by Crippen LogP contribution is 2.27. The van der Waals surface area contributed by atoms with E-state index in [0.29, 0.717) is 5.92 Å². The van der Waals surface area contributed by atoms with Gasteiger partial charge < -0.3 is 14.6 Å². The third-order valence-electron chi connectivity index (χ3n) is 4.72. The van der Waals surface area contributed by atoms with Crippen LogP contribution in [0.3, 0.4) is 0 Å². The molecular weight excluding hydrogens is 350 g/mol. The highest BCUT2D eigenvalue weighted by molar-refractivity contribution is 5.78. The van der Waals surface area contributed by atoms with Gasteiger partial charge in [-0.05, 0) is 54.7 Å². The Kier molecular flexibility index (Phi) is 6.14. The van der Waals surface area contributed by atoms with Crippen LogP contribution in [0.1, 0.15) is 49.4 Å². The Morgan fingerprint density at radius 3 is 2.54 bits per heavy atom. The largest absolute Gasteiger partial charge is 0.483 e. The molecule has 0 aliphatic heterocycles. The lowest BCUT2D eigenvalue weighted by molar-refractivity contribution is -0.123. The Balaban J connectivity index is 1.58. The number of aryl methyl sites for hydroxylation is 1. The number of nitrogens with zero attached hydrogens (tertiary/aromatic N) is 2. The van der Waals surface area contributed by atoms with Gasteiger partial charge in [0.15, 0.2) is 6.61 Å². The molecule has 3 aromatic rings. The van der Waals surface area contributed by atoms with Crippen molar-refractivity contribution in [1.29, 1.82) is 0 Å². The number of carbonyl (C=O) groups excluding carboxylic acids is 1. The first-order valence-electron chi connectivity index (χ1n) is 9.55. The molecule has 0 saturated carbocycles. The highest BCUT2D eigenvalue weighted by atomic mass is 16.5. The third-order valence-corrected chi connectivity index (χ3v) is 4.72. The van der Waals surface area contributed by atoms with Crippen molar-refractivity contribution in [3.63, 3.8) is 0 Å². The first-order valence-corrected chi connectivity index (χ1v) is 9.55. The number of nitrogens with one attached hydrogen (secondary N) is 1. The summed E-state index contributed by atoms with van der Waals surface area (Å²) in [6, 6.07) is 14.1. The molecule has 0 bridgehead atoms. The summed E-state index contributed by atoms with van der Waals surface area (Å²) in [5.74, 6) is 0.983. The summed E-state index contributed by atoms with van der Waals surface area (Å²) in [6.45, 7) is 8.23. The van der Waals surface area contributed by atoms with E-state index in [-0.39, 0.29) is 18.6 Å². The second-order valence-electron chi connectivity index (χ2n) is 7.34. The molecule has 5 heteroatoms. The standard InChI is InChI=1S/C23H27N3O2/c1-16(2)21-10-5-17(3)13-22(21)28-14-23(27)25-18(4)19-6-8-20(9-7-19)26-12-11-24-15-26/h5-13,15-16,18H,14H2,1-4H3,(H,25,27). The van der Waals surface area contributed by atoms with Gasteiger partial charge in [-0.2, -0.15) is 0 Å². The molecule has 146 valence electrons. The maximum Gasteiger partial charge on any atom is 0.258 e. The predicted molar refractivity (Wildman–Crippen MR) is 111 cm³/mol. The van der Waals surface area contributed by atoms with Gasteiger partial charge in [0.05, 0.1) is 12.4 Å². The van der Waals surface area contributed by atoms with Crippen LogP contribution in [0.4, 0.5) is 0 Å². The first kappa shape index (κ1) is 19.7. The molecule has 1 aromatic heterocycles. The van der Waals surface area contributed by atoms with E-state index in [0.717, 1.165) is 28.1 Å². The number of benzene rings is 2. The maximum atomic E-state index is 12.4. The number of ether oxygens (including phenoxy) is 1. The normalized spacial score (nSPS) is 12.0. The van der Waals surface area contributed by atoms with E-state index in [1.807, 2.05) is 54.9 Å². The molecule has 0 saturated heterocycles. The van der Waals surface area contributed by atoms with Crippen molar-refractivity contribution in [1.82, 2.24) is 14.9 Å². The van der Waals surface area contributed by atoms with Gasteiger partial charge in [0.1, 0.15) is 5.75 Å². The SMILES string of the molecule is Cc1ccc(C(C)C)c(OCC(=O)NC(C)c2ccc(-n3ccnc3)cc2)c1. The van der Waals surface area contributed by atoms with E-state index in [9.17, 15) is 4.79 Å². The lowest BCUT2D eigenvalue weighted by atomic mass is 10.0. The minimum Gasteiger partial charge on any atom is -0.483 e. The van der Waals surface area contributed by atoms with Gasteiger partial charge in [-0.25, -0.2) is 4.98 Å². The molecule has 1 unspecified atom stereocenters. The van der Waals surface area contributed by atoms with Gasteiger partial charge in [0, 0.05) is 18.1 Å². The summed E-state index contributed by atoms with van der Waals surface area (Å²) >= 11 is 0. The fraction of sp³-hybridized carbons (Fsp3) is 0.304. The summed E-state index contributed by atoms with van der Waals surface area (Å²) in [4.78, 5) is 16.4. The summed E-state index contributed by atoms with van der Waals surface area (Å²) in [6.07, 6.45) is 5.40. The quantitative estimate of drug-likeness (QED) is 0.657. The summed E-state index contributed by atoms with van der Waals surface area (Å²) < 4.78 is 7.76. The number of hydrogen-bond donors (Lipinski definition) is 1. The van der Waals surface area contributed by atoms with E-state index in [1.54, 1.807) is 12.5 Å². The van der Waals surface area contributed by atoms with Crippen molar-refractivity contribution in [2.45, 2.75) is 39.7 Å². The van der Waals surface area contributed by atoms with Crippen LogP contribution in [-0.2, 0) is 4.79 Å². The van der Waals surface area contributed by atoms with Crippen LogP contribution in [0.15, 0.2) is 61.2 Å². The average Bonchev–Trinajstić information content (AvgIpc) is 3.21. The van der Waals surface area contributed by atoms with Gasteiger partial charge in [-0.3, -0.25) is 4.79 Å². The lowest BCUT2D eigenvalue weighted by Crippen LogP contribution is -2.31. The van der Waals surface area contributed by atoms with E-state index < -0.39 is 0 Å². The van der Waals surface area contributed by atoms with Crippen LogP contribution in [0.2, 0.25) is 0 Å². The third kappa shape index (κ3) is 4.80. The van der Waals surface area contributed by atoms with Crippen molar-refractivity contribution in [2.75, 3.05) is 6.61 Å². The Labute approximate surface area is 166 Å². The minimum atomic E-state index is -0.137. The van der Waals surface area contributed by atoms with Crippen LogP contribution in [-0.4, -0.2) is 22.1 Å². The fourth-order valence-corrected chi connectivity index (χ4v) is 3.10.